The number of aliphatic hydroxyl groups is 2. The Labute approximate surface area is 113 Å². The fourth-order valence-electron chi connectivity index (χ4n) is 2.43. The SMILES string of the molecule is CC(O)c1ccc(N2CCC(CO)CC2)cc1Cl. The van der Waals surface area contributed by atoms with E-state index in [0.717, 1.165) is 37.2 Å². The van der Waals surface area contributed by atoms with Crippen LogP contribution >= 0.6 is 11.6 Å². The molecule has 1 unspecified atom stereocenters. The summed E-state index contributed by atoms with van der Waals surface area (Å²) in [4.78, 5) is 2.28. The molecule has 0 amide bonds. The Morgan fingerprint density at radius 3 is 2.56 bits per heavy atom. The number of nitrogens with zero attached hydrogens (tertiary/aromatic N) is 1. The van der Waals surface area contributed by atoms with E-state index in [2.05, 4.69) is 4.90 Å². The molecule has 1 heterocycles. The van der Waals surface area contributed by atoms with Gasteiger partial charge in [-0.05, 0) is 43.4 Å². The third kappa shape index (κ3) is 2.97. The van der Waals surface area contributed by atoms with Gasteiger partial charge in [0, 0.05) is 30.4 Å². The number of piperidine rings is 1. The van der Waals surface area contributed by atoms with Crippen LogP contribution in [0.4, 0.5) is 5.69 Å². The van der Waals surface area contributed by atoms with Crippen LogP contribution in [0.15, 0.2) is 18.2 Å². The normalized spacial score (nSPS) is 19.0. The van der Waals surface area contributed by atoms with Gasteiger partial charge in [-0.2, -0.15) is 0 Å². The van der Waals surface area contributed by atoms with Crippen molar-refractivity contribution in [3.63, 3.8) is 0 Å². The Bertz CT molecular complexity index is 401. The fourth-order valence-corrected chi connectivity index (χ4v) is 2.76. The van der Waals surface area contributed by atoms with Crippen molar-refractivity contribution >= 4 is 17.3 Å². The lowest BCUT2D eigenvalue weighted by Gasteiger charge is -2.33. The van der Waals surface area contributed by atoms with Crippen LogP contribution in [0.1, 0.15) is 31.4 Å². The summed E-state index contributed by atoms with van der Waals surface area (Å²) in [6, 6.07) is 5.82. The molecule has 2 N–H and O–H groups in total. The van der Waals surface area contributed by atoms with Crippen molar-refractivity contribution in [3.8, 4) is 0 Å². The maximum Gasteiger partial charge on any atom is 0.0776 e. The molecule has 2 rings (SSSR count). The molecule has 0 aromatic heterocycles. The molecule has 1 aliphatic heterocycles. The monoisotopic (exact) mass is 269 g/mol. The van der Waals surface area contributed by atoms with Gasteiger partial charge in [-0.1, -0.05) is 17.7 Å². The van der Waals surface area contributed by atoms with Gasteiger partial charge in [-0.3, -0.25) is 0 Å². The molecule has 1 aliphatic rings. The molecule has 0 aliphatic carbocycles. The van der Waals surface area contributed by atoms with E-state index in [4.69, 9.17) is 16.7 Å². The molecule has 3 nitrogen and oxygen atoms in total. The van der Waals surface area contributed by atoms with Crippen LogP contribution in [-0.4, -0.2) is 29.9 Å². The predicted molar refractivity (Wildman–Crippen MR) is 74.1 cm³/mol. The van der Waals surface area contributed by atoms with Crippen LogP contribution in [0.2, 0.25) is 5.02 Å². The molecule has 1 aromatic carbocycles. The smallest absolute Gasteiger partial charge is 0.0776 e. The maximum absolute atomic E-state index is 9.55. The number of benzene rings is 1. The first-order valence-electron chi connectivity index (χ1n) is 6.45. The molecular formula is C14H20ClNO2. The van der Waals surface area contributed by atoms with Crippen LogP contribution in [0.3, 0.4) is 0 Å². The highest BCUT2D eigenvalue weighted by molar-refractivity contribution is 6.31. The van der Waals surface area contributed by atoms with Crippen LogP contribution in [-0.2, 0) is 0 Å². The van der Waals surface area contributed by atoms with E-state index in [1.54, 1.807) is 6.92 Å². The van der Waals surface area contributed by atoms with Gasteiger partial charge < -0.3 is 15.1 Å². The maximum atomic E-state index is 9.55. The predicted octanol–water partition coefficient (Wildman–Crippen LogP) is 2.60. The van der Waals surface area contributed by atoms with Gasteiger partial charge in [0.25, 0.3) is 0 Å². The summed E-state index contributed by atoms with van der Waals surface area (Å²) in [5, 5.41) is 19.3. The van der Waals surface area contributed by atoms with Crippen molar-refractivity contribution in [1.82, 2.24) is 0 Å². The summed E-state index contributed by atoms with van der Waals surface area (Å²) in [7, 11) is 0. The van der Waals surface area contributed by atoms with E-state index in [1.807, 2.05) is 18.2 Å². The third-order valence-corrected chi connectivity index (χ3v) is 4.00. The molecule has 0 bridgehead atoms. The average Bonchev–Trinajstić information content (AvgIpc) is 2.38. The first-order valence-corrected chi connectivity index (χ1v) is 6.83. The van der Waals surface area contributed by atoms with E-state index in [1.165, 1.54) is 0 Å². The van der Waals surface area contributed by atoms with Gasteiger partial charge >= 0.3 is 0 Å². The van der Waals surface area contributed by atoms with Gasteiger partial charge in [0.05, 0.1) is 6.10 Å². The highest BCUT2D eigenvalue weighted by Crippen LogP contribution is 2.30. The molecule has 4 heteroatoms. The molecule has 18 heavy (non-hydrogen) atoms. The highest BCUT2D eigenvalue weighted by Gasteiger charge is 2.19. The molecule has 0 spiro atoms. The van der Waals surface area contributed by atoms with E-state index in [9.17, 15) is 5.11 Å². The Morgan fingerprint density at radius 1 is 1.39 bits per heavy atom. The number of anilines is 1. The minimum absolute atomic E-state index is 0.287. The minimum atomic E-state index is -0.535. The molecule has 1 saturated heterocycles. The number of halogens is 1. The third-order valence-electron chi connectivity index (χ3n) is 3.67. The first kappa shape index (κ1) is 13.7. The van der Waals surface area contributed by atoms with Crippen molar-refractivity contribution < 1.29 is 10.2 Å². The Balaban J connectivity index is 2.08. The van der Waals surface area contributed by atoms with E-state index < -0.39 is 6.10 Å². The summed E-state index contributed by atoms with van der Waals surface area (Å²) in [5.74, 6) is 0.438. The van der Waals surface area contributed by atoms with Crippen molar-refractivity contribution in [1.29, 1.82) is 0 Å². The second-order valence-electron chi connectivity index (χ2n) is 4.99. The number of rotatable bonds is 3. The largest absolute Gasteiger partial charge is 0.396 e. The zero-order chi connectivity index (χ0) is 13.1. The Hall–Kier alpha value is -0.770. The lowest BCUT2D eigenvalue weighted by Crippen LogP contribution is -2.34. The number of hydrogen-bond acceptors (Lipinski definition) is 3. The summed E-state index contributed by atoms with van der Waals surface area (Å²) >= 11 is 6.17. The topological polar surface area (TPSA) is 43.7 Å². The van der Waals surface area contributed by atoms with Crippen molar-refractivity contribution in [2.24, 2.45) is 5.92 Å². The zero-order valence-electron chi connectivity index (χ0n) is 10.6. The van der Waals surface area contributed by atoms with Crippen LogP contribution < -0.4 is 4.90 Å². The molecule has 1 aromatic rings. The molecule has 0 saturated carbocycles. The molecule has 1 fully saturated rings. The number of hydrogen-bond donors (Lipinski definition) is 2. The fraction of sp³-hybridized carbons (Fsp3) is 0.571. The lowest BCUT2D eigenvalue weighted by atomic mass is 9.97. The number of aliphatic hydroxyl groups excluding tert-OH is 2. The van der Waals surface area contributed by atoms with Crippen molar-refractivity contribution in [2.45, 2.75) is 25.9 Å². The van der Waals surface area contributed by atoms with Crippen LogP contribution in [0, 0.1) is 5.92 Å². The highest BCUT2D eigenvalue weighted by atomic mass is 35.5. The summed E-state index contributed by atoms with van der Waals surface area (Å²) in [6.45, 7) is 3.91. The van der Waals surface area contributed by atoms with E-state index >= 15 is 0 Å². The van der Waals surface area contributed by atoms with Crippen LogP contribution in [0.5, 0.6) is 0 Å². The van der Waals surface area contributed by atoms with Gasteiger partial charge in [0.2, 0.25) is 0 Å². The molecule has 0 radical (unpaired) electrons. The quantitative estimate of drug-likeness (QED) is 0.887. The molecule has 1 atom stereocenters. The standard InChI is InChI=1S/C14H20ClNO2/c1-10(18)13-3-2-12(8-14(13)15)16-6-4-11(9-17)5-7-16/h2-3,8,10-11,17-18H,4-7,9H2,1H3. The Kier molecular flexibility index (Phi) is 4.49. The Morgan fingerprint density at radius 2 is 2.06 bits per heavy atom. The van der Waals surface area contributed by atoms with Crippen molar-refractivity contribution in [3.05, 3.63) is 28.8 Å². The molecule has 100 valence electrons. The van der Waals surface area contributed by atoms with Gasteiger partial charge in [-0.15, -0.1) is 0 Å². The van der Waals surface area contributed by atoms with Gasteiger partial charge in [0.1, 0.15) is 0 Å². The summed E-state index contributed by atoms with van der Waals surface area (Å²) in [5.41, 5.74) is 1.87. The average molecular weight is 270 g/mol. The lowest BCUT2D eigenvalue weighted by molar-refractivity contribution is 0.199. The molecular weight excluding hydrogens is 250 g/mol. The second kappa shape index (κ2) is 5.91. The van der Waals surface area contributed by atoms with E-state index in [-0.39, 0.29) is 6.61 Å². The first-order chi connectivity index (χ1) is 8.61. The van der Waals surface area contributed by atoms with Gasteiger partial charge in [0.15, 0.2) is 0 Å². The zero-order valence-corrected chi connectivity index (χ0v) is 11.4. The van der Waals surface area contributed by atoms with Crippen LogP contribution in [0.25, 0.3) is 0 Å². The summed E-state index contributed by atoms with van der Waals surface area (Å²) < 4.78 is 0. The minimum Gasteiger partial charge on any atom is -0.396 e. The van der Waals surface area contributed by atoms with Gasteiger partial charge in [-0.25, -0.2) is 0 Å². The van der Waals surface area contributed by atoms with E-state index in [0.29, 0.717) is 10.9 Å². The second-order valence-corrected chi connectivity index (χ2v) is 5.40. The summed E-state index contributed by atoms with van der Waals surface area (Å²) in [6.07, 6.45) is 1.50. The van der Waals surface area contributed by atoms with Crippen molar-refractivity contribution in [2.75, 3.05) is 24.6 Å².